The number of fused-ring (bicyclic) bond motifs is 1. The van der Waals surface area contributed by atoms with Crippen molar-refractivity contribution in [3.63, 3.8) is 0 Å². The molecular formula is C28H47O3Si. The molecule has 32 heavy (non-hydrogen) atoms. The second-order valence-electron chi connectivity index (χ2n) is 11.7. The molecule has 2 aliphatic carbocycles. The summed E-state index contributed by atoms with van der Waals surface area (Å²) < 4.78 is 12.8. The number of carbonyl (C=O) groups is 1. The quantitative estimate of drug-likeness (QED) is 0.276. The van der Waals surface area contributed by atoms with Gasteiger partial charge in [0.2, 0.25) is 8.32 Å². The summed E-state index contributed by atoms with van der Waals surface area (Å²) >= 11 is 0. The van der Waals surface area contributed by atoms with Crippen LogP contribution in [-0.4, -0.2) is 26.5 Å². The van der Waals surface area contributed by atoms with E-state index >= 15 is 0 Å². The summed E-state index contributed by atoms with van der Waals surface area (Å²) in [6, 6.07) is 0. The molecule has 6 atom stereocenters. The van der Waals surface area contributed by atoms with Crippen molar-refractivity contribution in [2.75, 3.05) is 0 Å². The Morgan fingerprint density at radius 2 is 1.72 bits per heavy atom. The van der Waals surface area contributed by atoms with Crippen LogP contribution in [0.15, 0.2) is 23.8 Å². The van der Waals surface area contributed by atoms with Gasteiger partial charge < -0.3 is 9.16 Å². The zero-order chi connectivity index (χ0) is 23.6. The average molecular weight is 460 g/mol. The fourth-order valence-electron chi connectivity index (χ4n) is 6.96. The van der Waals surface area contributed by atoms with E-state index in [9.17, 15) is 4.79 Å². The summed E-state index contributed by atoms with van der Waals surface area (Å²) in [4.78, 5) is 12.5. The lowest BCUT2D eigenvalue weighted by Gasteiger charge is -2.46. The minimum atomic E-state index is -2.00. The molecule has 0 aromatic heterocycles. The Kier molecular flexibility index (Phi) is 8.52. The number of rotatable bonds is 8. The van der Waals surface area contributed by atoms with Crippen LogP contribution in [0.3, 0.4) is 0 Å². The highest BCUT2D eigenvalue weighted by atomic mass is 28.4. The first-order chi connectivity index (χ1) is 15.0. The van der Waals surface area contributed by atoms with Crippen molar-refractivity contribution in [1.29, 1.82) is 0 Å². The molecular weight excluding hydrogens is 412 g/mol. The van der Waals surface area contributed by atoms with Crippen LogP contribution in [0, 0.1) is 30.1 Å². The number of hydrogen-bond donors (Lipinski definition) is 0. The number of cyclic esters (lactones) is 1. The van der Waals surface area contributed by atoms with Gasteiger partial charge in [-0.1, -0.05) is 73.6 Å². The van der Waals surface area contributed by atoms with E-state index < -0.39 is 8.32 Å². The standard InChI is InChI=1S/C28H47O3Si/c1-18(2)32(19(3)4,20(5)6)31-25-16-24(30-28(29)17-25)12-14-26-22(8)10-11-23-15-21(7)9-13-27(23)26/h10-11,13,15,18-22,24-27H,9,12,14,16-17H2,1-8H3/t21-,22+,24-,25-,26+,27+/m1/s1. The zero-order valence-corrected chi connectivity index (χ0v) is 22.8. The summed E-state index contributed by atoms with van der Waals surface area (Å²) in [7, 11) is -2.00. The number of carbonyl (C=O) groups excluding carboxylic acids is 1. The van der Waals surface area contributed by atoms with E-state index in [4.69, 9.17) is 9.16 Å². The van der Waals surface area contributed by atoms with Crippen molar-refractivity contribution in [3.05, 3.63) is 30.2 Å². The lowest BCUT2D eigenvalue weighted by atomic mass is 9.66. The smallest absolute Gasteiger partial charge is 0.308 e. The van der Waals surface area contributed by atoms with Gasteiger partial charge in [-0.3, -0.25) is 4.79 Å². The Morgan fingerprint density at radius 1 is 1.06 bits per heavy atom. The lowest BCUT2D eigenvalue weighted by Crippen LogP contribution is -2.52. The van der Waals surface area contributed by atoms with Crippen LogP contribution in [-0.2, 0) is 14.0 Å². The largest absolute Gasteiger partial charge is 0.462 e. The van der Waals surface area contributed by atoms with Crippen LogP contribution in [0.4, 0.5) is 0 Å². The first-order valence-corrected chi connectivity index (χ1v) is 15.3. The highest BCUT2D eigenvalue weighted by molar-refractivity contribution is 6.77. The topological polar surface area (TPSA) is 35.5 Å². The number of esters is 1. The van der Waals surface area contributed by atoms with Crippen LogP contribution in [0.1, 0.15) is 87.5 Å². The molecule has 0 bridgehead atoms. The van der Waals surface area contributed by atoms with E-state index in [1.54, 1.807) is 0 Å². The van der Waals surface area contributed by atoms with Crippen LogP contribution in [0.2, 0.25) is 16.6 Å². The van der Waals surface area contributed by atoms with Crippen molar-refractivity contribution in [2.45, 2.75) is 116 Å². The Labute approximate surface area is 198 Å². The molecule has 1 fully saturated rings. The van der Waals surface area contributed by atoms with Gasteiger partial charge in [0.1, 0.15) is 6.10 Å². The maximum absolute atomic E-state index is 12.5. The van der Waals surface area contributed by atoms with E-state index in [0.717, 1.165) is 19.3 Å². The van der Waals surface area contributed by atoms with E-state index in [1.807, 2.05) is 0 Å². The SMILES string of the molecule is CC(C)[Si](O[C@H]1CC(=O)O[C@H](CC[C@H]2[C@@H](C)C=CC3=C[C@H](C)C[CH][C@@H]32)C1)(C(C)C)C(C)C. The summed E-state index contributed by atoms with van der Waals surface area (Å²) in [5, 5.41) is 0. The van der Waals surface area contributed by atoms with Gasteiger partial charge >= 0.3 is 5.97 Å². The molecule has 1 heterocycles. The van der Waals surface area contributed by atoms with Crippen molar-refractivity contribution in [2.24, 2.45) is 23.7 Å². The second kappa shape index (κ2) is 10.6. The van der Waals surface area contributed by atoms with Crippen molar-refractivity contribution >= 4 is 14.3 Å². The molecule has 4 heteroatoms. The highest BCUT2D eigenvalue weighted by Crippen LogP contribution is 2.45. The monoisotopic (exact) mass is 459 g/mol. The Hall–Kier alpha value is -0.873. The van der Waals surface area contributed by atoms with Crippen LogP contribution in [0.5, 0.6) is 0 Å². The molecule has 0 N–H and O–H groups in total. The second-order valence-corrected chi connectivity index (χ2v) is 17.1. The lowest BCUT2D eigenvalue weighted by molar-refractivity contribution is -0.160. The molecule has 3 nitrogen and oxygen atoms in total. The third-order valence-corrected chi connectivity index (χ3v) is 14.6. The third-order valence-electron chi connectivity index (χ3n) is 8.47. The van der Waals surface area contributed by atoms with Crippen molar-refractivity contribution in [3.8, 4) is 0 Å². The van der Waals surface area contributed by atoms with Gasteiger partial charge in [-0.25, -0.2) is 0 Å². The highest BCUT2D eigenvalue weighted by Gasteiger charge is 2.48. The molecule has 3 aliphatic rings. The molecule has 0 aromatic carbocycles. The molecule has 1 saturated heterocycles. The van der Waals surface area contributed by atoms with Crippen LogP contribution in [0.25, 0.3) is 0 Å². The zero-order valence-electron chi connectivity index (χ0n) is 21.8. The predicted octanol–water partition coefficient (Wildman–Crippen LogP) is 7.64. The number of hydrogen-bond acceptors (Lipinski definition) is 3. The summed E-state index contributed by atoms with van der Waals surface area (Å²) in [5.41, 5.74) is 3.09. The Balaban J connectivity index is 1.66. The fourth-order valence-corrected chi connectivity index (χ4v) is 12.5. The van der Waals surface area contributed by atoms with E-state index in [0.29, 0.717) is 46.7 Å². The van der Waals surface area contributed by atoms with Gasteiger partial charge in [0.15, 0.2) is 0 Å². The molecule has 0 aromatic rings. The van der Waals surface area contributed by atoms with Gasteiger partial charge in [-0.2, -0.15) is 0 Å². The molecule has 181 valence electrons. The normalized spacial score (nSPS) is 33.5. The van der Waals surface area contributed by atoms with Gasteiger partial charge in [0.05, 0.1) is 12.5 Å². The molecule has 1 aliphatic heterocycles. The average Bonchev–Trinajstić information content (AvgIpc) is 2.70. The Bertz CT molecular complexity index is 686. The molecule has 0 saturated carbocycles. The molecule has 0 spiro atoms. The fraction of sp³-hybridized carbons (Fsp3) is 0.786. The van der Waals surface area contributed by atoms with E-state index in [-0.39, 0.29) is 18.2 Å². The maximum atomic E-state index is 12.5. The first-order valence-electron chi connectivity index (χ1n) is 13.1. The van der Waals surface area contributed by atoms with Crippen LogP contribution < -0.4 is 0 Å². The minimum Gasteiger partial charge on any atom is -0.462 e. The van der Waals surface area contributed by atoms with Gasteiger partial charge in [-0.05, 0) is 71.6 Å². The minimum absolute atomic E-state index is 0.00696. The molecule has 0 amide bonds. The summed E-state index contributed by atoms with van der Waals surface area (Å²) in [6.45, 7) is 18.5. The van der Waals surface area contributed by atoms with Gasteiger partial charge in [0.25, 0.3) is 0 Å². The molecule has 0 unspecified atom stereocenters. The summed E-state index contributed by atoms with van der Waals surface area (Å²) in [6.07, 6.45) is 14.2. The number of allylic oxidation sites excluding steroid dienone is 4. The first kappa shape index (κ1) is 25.7. The molecule has 3 rings (SSSR count). The third kappa shape index (κ3) is 5.43. The van der Waals surface area contributed by atoms with Gasteiger partial charge in [0, 0.05) is 6.42 Å². The Morgan fingerprint density at radius 3 is 2.34 bits per heavy atom. The number of ether oxygens (including phenoxy) is 1. The summed E-state index contributed by atoms with van der Waals surface area (Å²) in [5.74, 6) is 2.30. The molecule has 1 radical (unpaired) electrons. The van der Waals surface area contributed by atoms with Gasteiger partial charge in [-0.15, -0.1) is 0 Å². The van der Waals surface area contributed by atoms with Crippen LogP contribution >= 0.6 is 0 Å². The predicted molar refractivity (Wildman–Crippen MR) is 136 cm³/mol. The van der Waals surface area contributed by atoms with E-state index in [1.165, 1.54) is 12.0 Å². The van der Waals surface area contributed by atoms with Crippen molar-refractivity contribution in [1.82, 2.24) is 0 Å². The van der Waals surface area contributed by atoms with Crippen molar-refractivity contribution < 1.29 is 14.0 Å². The van der Waals surface area contributed by atoms with E-state index in [2.05, 4.69) is 80.0 Å². The maximum Gasteiger partial charge on any atom is 0.308 e.